The fourth-order valence-electron chi connectivity index (χ4n) is 3.15. The Kier molecular flexibility index (Phi) is 5.65. The van der Waals surface area contributed by atoms with Gasteiger partial charge in [0.15, 0.2) is 0 Å². The predicted octanol–water partition coefficient (Wildman–Crippen LogP) is 4.11. The summed E-state index contributed by atoms with van der Waals surface area (Å²) in [6.07, 6.45) is 0.902. The maximum absolute atomic E-state index is 13.0. The van der Waals surface area contributed by atoms with Crippen molar-refractivity contribution in [2.75, 3.05) is 13.2 Å². The summed E-state index contributed by atoms with van der Waals surface area (Å²) >= 11 is 5.93. The summed E-state index contributed by atoms with van der Waals surface area (Å²) < 4.78 is 18.4. The van der Waals surface area contributed by atoms with Crippen LogP contribution in [0.2, 0.25) is 5.02 Å². The van der Waals surface area contributed by atoms with E-state index in [1.54, 1.807) is 24.3 Å². The van der Waals surface area contributed by atoms with Crippen LogP contribution >= 0.6 is 11.6 Å². The molecule has 1 heterocycles. The van der Waals surface area contributed by atoms with Crippen LogP contribution in [0.15, 0.2) is 48.5 Å². The second-order valence-electron chi connectivity index (χ2n) is 6.31. The highest BCUT2D eigenvalue weighted by molar-refractivity contribution is 6.30. The Morgan fingerprint density at radius 2 is 1.78 bits per heavy atom. The number of amides is 3. The Bertz CT molecular complexity index is 826. The molecule has 1 atom stereocenters. The van der Waals surface area contributed by atoms with Crippen molar-refractivity contribution >= 4 is 23.5 Å². The van der Waals surface area contributed by atoms with Crippen LogP contribution in [0.5, 0.6) is 5.75 Å². The number of halogens is 2. The van der Waals surface area contributed by atoms with E-state index < -0.39 is 11.6 Å². The lowest BCUT2D eigenvalue weighted by Crippen LogP contribution is -2.43. The van der Waals surface area contributed by atoms with E-state index >= 15 is 0 Å². The highest BCUT2D eigenvalue weighted by Crippen LogP contribution is 2.33. The fourth-order valence-corrected chi connectivity index (χ4v) is 3.27. The standard InChI is InChI=1S/C20H20ClFN2O3/c1-2-20(14-4-6-15(21)7-5-14)18(25)24(19(26)23-20)12-3-13-27-17-10-8-16(22)9-11-17/h4-11H,2-3,12-13H2,1H3,(H,23,26). The van der Waals surface area contributed by atoms with Crippen LogP contribution < -0.4 is 10.1 Å². The molecule has 0 aliphatic carbocycles. The monoisotopic (exact) mass is 390 g/mol. The number of hydrogen-bond acceptors (Lipinski definition) is 3. The van der Waals surface area contributed by atoms with Crippen molar-refractivity contribution in [3.63, 3.8) is 0 Å². The minimum atomic E-state index is -1.07. The second kappa shape index (κ2) is 7.96. The van der Waals surface area contributed by atoms with Gasteiger partial charge in [0.1, 0.15) is 17.1 Å². The molecule has 3 amide bonds. The summed E-state index contributed by atoms with van der Waals surface area (Å²) in [6, 6.07) is 12.2. The lowest BCUT2D eigenvalue weighted by molar-refractivity contribution is -0.131. The number of urea groups is 1. The molecule has 2 aromatic rings. The molecule has 0 bridgehead atoms. The minimum absolute atomic E-state index is 0.237. The van der Waals surface area contributed by atoms with E-state index in [1.807, 2.05) is 6.92 Å². The first-order chi connectivity index (χ1) is 13.0. The molecule has 0 spiro atoms. The number of carbonyl (C=O) groups excluding carboxylic acids is 2. The molecule has 27 heavy (non-hydrogen) atoms. The van der Waals surface area contributed by atoms with Gasteiger partial charge in [0.2, 0.25) is 0 Å². The van der Waals surface area contributed by atoms with Crippen LogP contribution in [0.1, 0.15) is 25.3 Å². The Morgan fingerprint density at radius 3 is 2.41 bits per heavy atom. The lowest BCUT2D eigenvalue weighted by Gasteiger charge is -2.25. The third-order valence-corrected chi connectivity index (χ3v) is 4.90. The average Bonchev–Trinajstić information content (AvgIpc) is 2.92. The SMILES string of the molecule is CCC1(c2ccc(Cl)cc2)NC(=O)N(CCCOc2ccc(F)cc2)C1=O. The Morgan fingerprint density at radius 1 is 1.11 bits per heavy atom. The molecule has 5 nitrogen and oxygen atoms in total. The molecular weight excluding hydrogens is 371 g/mol. The zero-order valence-electron chi connectivity index (χ0n) is 14.9. The minimum Gasteiger partial charge on any atom is -0.494 e. The summed E-state index contributed by atoms with van der Waals surface area (Å²) in [5.41, 5.74) is -0.364. The molecule has 7 heteroatoms. The third kappa shape index (κ3) is 3.90. The normalized spacial score (nSPS) is 19.3. The molecule has 1 N–H and O–H groups in total. The van der Waals surface area contributed by atoms with Gasteiger partial charge in [-0.3, -0.25) is 9.69 Å². The van der Waals surface area contributed by atoms with Gasteiger partial charge in [0.25, 0.3) is 5.91 Å². The quantitative estimate of drug-likeness (QED) is 0.572. The fraction of sp³-hybridized carbons (Fsp3) is 0.300. The van der Waals surface area contributed by atoms with Gasteiger partial charge in [0, 0.05) is 11.6 Å². The number of ether oxygens (including phenoxy) is 1. The van der Waals surface area contributed by atoms with Gasteiger partial charge in [-0.15, -0.1) is 0 Å². The third-order valence-electron chi connectivity index (χ3n) is 4.65. The topological polar surface area (TPSA) is 58.6 Å². The van der Waals surface area contributed by atoms with Gasteiger partial charge in [0.05, 0.1) is 6.61 Å². The van der Waals surface area contributed by atoms with Crippen molar-refractivity contribution in [3.05, 3.63) is 64.9 Å². The molecule has 0 radical (unpaired) electrons. The molecule has 1 fully saturated rings. The average molecular weight is 391 g/mol. The molecule has 1 unspecified atom stereocenters. The first-order valence-electron chi connectivity index (χ1n) is 8.75. The van der Waals surface area contributed by atoms with E-state index in [-0.39, 0.29) is 18.3 Å². The predicted molar refractivity (Wildman–Crippen MR) is 100 cm³/mol. The summed E-state index contributed by atoms with van der Waals surface area (Å²) in [6.45, 7) is 2.40. The zero-order chi connectivity index (χ0) is 19.4. The smallest absolute Gasteiger partial charge is 0.325 e. The molecule has 142 valence electrons. The van der Waals surface area contributed by atoms with Crippen molar-refractivity contribution < 1.29 is 18.7 Å². The molecular formula is C20H20ClFN2O3. The summed E-state index contributed by atoms with van der Waals surface area (Å²) in [5, 5.41) is 3.40. The number of hydrogen-bond donors (Lipinski definition) is 1. The first kappa shape index (κ1) is 19.2. The number of rotatable bonds is 7. The van der Waals surface area contributed by atoms with E-state index in [2.05, 4.69) is 5.32 Å². The molecule has 0 saturated carbocycles. The number of benzene rings is 2. The molecule has 1 aliphatic heterocycles. The van der Waals surface area contributed by atoms with Crippen molar-refractivity contribution in [2.24, 2.45) is 0 Å². The highest BCUT2D eigenvalue weighted by atomic mass is 35.5. The van der Waals surface area contributed by atoms with Gasteiger partial charge < -0.3 is 10.1 Å². The van der Waals surface area contributed by atoms with Crippen LogP contribution in [0.4, 0.5) is 9.18 Å². The molecule has 0 aromatic heterocycles. The van der Waals surface area contributed by atoms with Crippen LogP contribution in [0, 0.1) is 5.82 Å². The Hall–Kier alpha value is -2.60. The second-order valence-corrected chi connectivity index (χ2v) is 6.75. The highest BCUT2D eigenvalue weighted by Gasteiger charge is 2.50. The number of carbonyl (C=O) groups is 2. The van der Waals surface area contributed by atoms with E-state index in [4.69, 9.17) is 16.3 Å². The lowest BCUT2D eigenvalue weighted by atomic mass is 9.87. The summed E-state index contributed by atoms with van der Waals surface area (Å²) in [5.74, 6) is -0.0726. The van der Waals surface area contributed by atoms with Gasteiger partial charge in [-0.05, 0) is 54.8 Å². The zero-order valence-corrected chi connectivity index (χ0v) is 15.6. The molecule has 3 rings (SSSR count). The summed E-state index contributed by atoms with van der Waals surface area (Å²) in [4.78, 5) is 26.6. The van der Waals surface area contributed by atoms with E-state index in [9.17, 15) is 14.0 Å². The molecule has 1 aliphatic rings. The maximum Gasteiger partial charge on any atom is 0.325 e. The van der Waals surface area contributed by atoms with Crippen LogP contribution in [-0.4, -0.2) is 30.0 Å². The first-order valence-corrected chi connectivity index (χ1v) is 9.12. The molecule has 2 aromatic carbocycles. The van der Waals surface area contributed by atoms with E-state index in [0.29, 0.717) is 35.8 Å². The van der Waals surface area contributed by atoms with Gasteiger partial charge in [-0.25, -0.2) is 9.18 Å². The summed E-state index contributed by atoms with van der Waals surface area (Å²) in [7, 11) is 0. The van der Waals surface area contributed by atoms with Crippen LogP contribution in [0.3, 0.4) is 0 Å². The van der Waals surface area contributed by atoms with Gasteiger partial charge in [-0.1, -0.05) is 30.7 Å². The van der Waals surface area contributed by atoms with Gasteiger partial charge >= 0.3 is 6.03 Å². The molecule has 1 saturated heterocycles. The largest absolute Gasteiger partial charge is 0.494 e. The van der Waals surface area contributed by atoms with E-state index in [1.165, 1.54) is 29.2 Å². The van der Waals surface area contributed by atoms with Crippen molar-refractivity contribution in [1.82, 2.24) is 10.2 Å². The van der Waals surface area contributed by atoms with Crippen LogP contribution in [-0.2, 0) is 10.3 Å². The van der Waals surface area contributed by atoms with E-state index in [0.717, 1.165) is 0 Å². The van der Waals surface area contributed by atoms with Crippen molar-refractivity contribution in [1.29, 1.82) is 0 Å². The Balaban J connectivity index is 1.63. The van der Waals surface area contributed by atoms with Crippen molar-refractivity contribution in [2.45, 2.75) is 25.3 Å². The van der Waals surface area contributed by atoms with Gasteiger partial charge in [-0.2, -0.15) is 0 Å². The number of nitrogens with one attached hydrogen (secondary N) is 1. The van der Waals surface area contributed by atoms with Crippen LogP contribution in [0.25, 0.3) is 0 Å². The number of imide groups is 1. The Labute approximate surface area is 162 Å². The number of nitrogens with zero attached hydrogens (tertiary/aromatic N) is 1. The maximum atomic E-state index is 13.0. The van der Waals surface area contributed by atoms with Crippen molar-refractivity contribution in [3.8, 4) is 5.75 Å².